The summed E-state index contributed by atoms with van der Waals surface area (Å²) in [6.45, 7) is 2.67. The highest BCUT2D eigenvalue weighted by atomic mass is 16.7. The molecule has 12 atom stereocenters. The Labute approximate surface area is 379 Å². The van der Waals surface area contributed by atoms with Gasteiger partial charge in [-0.15, -0.1) is 0 Å². The van der Waals surface area contributed by atoms with Gasteiger partial charge in [-0.2, -0.15) is 0 Å². The smallest absolute Gasteiger partial charge is 0.220 e. The van der Waals surface area contributed by atoms with Gasteiger partial charge in [0.05, 0.1) is 32.0 Å². The molecule has 2 aliphatic heterocycles. The van der Waals surface area contributed by atoms with Crippen molar-refractivity contribution < 1.29 is 64.6 Å². The number of aliphatic hydroxyl groups excluding tert-OH is 8. The van der Waals surface area contributed by atoms with Gasteiger partial charge in [0.15, 0.2) is 12.6 Å². The standard InChI is InChI=1S/C49H89NO13/c1-3-5-7-9-11-13-14-15-16-17-18-19-20-21-22-23-24-25-27-29-31-33-41(54)50-37(38(53)32-30-28-26-12-10-8-6-4-2)36-60-48-46(59)44(57)47(40(35-52)62-48)63-49-45(58)43(56)42(55)39(34-51)61-49/h10,12,17-18,30,32,37-40,42-49,51-53,55-59H,3-9,11,13-16,19-29,31,33-36H2,1-2H3,(H,50,54)/b12-10+,18-17-,32-30+. The van der Waals surface area contributed by atoms with Crippen LogP contribution in [-0.2, 0) is 23.7 Å². The molecule has 14 nitrogen and oxygen atoms in total. The molecular formula is C49H89NO13. The largest absolute Gasteiger partial charge is 0.394 e. The number of carbonyl (C=O) groups excluding carboxylic acids is 1. The van der Waals surface area contributed by atoms with Crippen LogP contribution >= 0.6 is 0 Å². The number of aliphatic hydroxyl groups is 8. The molecule has 14 heteroatoms. The maximum Gasteiger partial charge on any atom is 0.220 e. The molecule has 0 saturated carbocycles. The molecule has 0 spiro atoms. The van der Waals surface area contributed by atoms with Crippen LogP contribution in [-0.4, -0.2) is 140 Å². The van der Waals surface area contributed by atoms with Gasteiger partial charge >= 0.3 is 0 Å². The van der Waals surface area contributed by atoms with E-state index in [1.807, 2.05) is 6.08 Å². The third-order valence-electron chi connectivity index (χ3n) is 12.0. The second kappa shape index (κ2) is 36.3. The number of nitrogens with one attached hydrogen (secondary N) is 1. The summed E-state index contributed by atoms with van der Waals surface area (Å²) in [6.07, 6.45) is 23.6. The molecule has 2 fully saturated rings. The van der Waals surface area contributed by atoms with E-state index >= 15 is 0 Å². The number of allylic oxidation sites excluding steroid dienone is 5. The van der Waals surface area contributed by atoms with E-state index in [0.717, 1.165) is 44.9 Å². The Morgan fingerprint density at radius 2 is 1.03 bits per heavy atom. The van der Waals surface area contributed by atoms with Crippen LogP contribution in [0.5, 0.6) is 0 Å². The Morgan fingerprint density at radius 3 is 1.60 bits per heavy atom. The fraction of sp³-hybridized carbons (Fsp3) is 0.857. The first kappa shape index (κ1) is 57.3. The van der Waals surface area contributed by atoms with E-state index in [0.29, 0.717) is 12.8 Å². The highest BCUT2D eigenvalue weighted by Crippen LogP contribution is 2.30. The first-order valence-corrected chi connectivity index (χ1v) is 24.7. The third-order valence-corrected chi connectivity index (χ3v) is 12.0. The van der Waals surface area contributed by atoms with Crippen LogP contribution in [0.15, 0.2) is 36.5 Å². The lowest BCUT2D eigenvalue weighted by Crippen LogP contribution is -2.65. The Bertz CT molecular complexity index is 1200. The number of ether oxygens (including phenoxy) is 4. The topological polar surface area (TPSA) is 228 Å². The van der Waals surface area contributed by atoms with Gasteiger partial charge in [0.1, 0.15) is 48.8 Å². The molecule has 2 heterocycles. The Kier molecular flexibility index (Phi) is 33.1. The van der Waals surface area contributed by atoms with Crippen LogP contribution in [0.2, 0.25) is 0 Å². The van der Waals surface area contributed by atoms with E-state index in [1.165, 1.54) is 96.3 Å². The molecule has 0 radical (unpaired) electrons. The monoisotopic (exact) mass is 900 g/mol. The maximum absolute atomic E-state index is 13.1. The third kappa shape index (κ3) is 24.0. The van der Waals surface area contributed by atoms with Crippen LogP contribution in [0, 0.1) is 0 Å². The minimum atomic E-state index is -1.79. The summed E-state index contributed by atoms with van der Waals surface area (Å²) < 4.78 is 22.6. The van der Waals surface area contributed by atoms with Crippen molar-refractivity contribution in [3.8, 4) is 0 Å². The van der Waals surface area contributed by atoms with Gasteiger partial charge in [-0.05, 0) is 51.4 Å². The van der Waals surface area contributed by atoms with Crippen LogP contribution < -0.4 is 5.32 Å². The fourth-order valence-corrected chi connectivity index (χ4v) is 7.93. The molecule has 9 N–H and O–H groups in total. The summed E-state index contributed by atoms with van der Waals surface area (Å²) in [4.78, 5) is 13.1. The molecule has 0 aromatic heterocycles. The van der Waals surface area contributed by atoms with E-state index in [9.17, 15) is 45.6 Å². The van der Waals surface area contributed by atoms with Gasteiger partial charge in [0.25, 0.3) is 0 Å². The van der Waals surface area contributed by atoms with Crippen LogP contribution in [0.25, 0.3) is 0 Å². The summed E-state index contributed by atoms with van der Waals surface area (Å²) in [6, 6.07) is -0.928. The predicted molar refractivity (Wildman–Crippen MR) is 244 cm³/mol. The van der Waals surface area contributed by atoms with Gasteiger partial charge < -0.3 is 65.1 Å². The Hall–Kier alpha value is -1.79. The average molecular weight is 900 g/mol. The molecule has 2 saturated heterocycles. The molecule has 0 aromatic rings. The van der Waals surface area contributed by atoms with E-state index in [2.05, 4.69) is 43.5 Å². The summed E-state index contributed by atoms with van der Waals surface area (Å²) >= 11 is 0. The zero-order valence-electron chi connectivity index (χ0n) is 38.8. The van der Waals surface area contributed by atoms with Crippen molar-refractivity contribution in [3.05, 3.63) is 36.5 Å². The maximum atomic E-state index is 13.1. The molecule has 63 heavy (non-hydrogen) atoms. The number of hydrogen-bond donors (Lipinski definition) is 9. The van der Waals surface area contributed by atoms with E-state index in [4.69, 9.17) is 18.9 Å². The van der Waals surface area contributed by atoms with Crippen molar-refractivity contribution in [1.82, 2.24) is 5.32 Å². The van der Waals surface area contributed by atoms with E-state index in [-0.39, 0.29) is 18.9 Å². The summed E-state index contributed by atoms with van der Waals surface area (Å²) in [7, 11) is 0. The molecule has 0 aliphatic carbocycles. The predicted octanol–water partition coefficient (Wildman–Crippen LogP) is 5.93. The molecule has 0 aromatic carbocycles. The highest BCUT2D eigenvalue weighted by molar-refractivity contribution is 5.76. The summed E-state index contributed by atoms with van der Waals surface area (Å²) in [5, 5.41) is 86.4. The van der Waals surface area contributed by atoms with Gasteiger partial charge in [-0.3, -0.25) is 4.79 Å². The minimum Gasteiger partial charge on any atom is -0.394 e. The average Bonchev–Trinajstić information content (AvgIpc) is 3.28. The first-order valence-electron chi connectivity index (χ1n) is 24.7. The molecule has 2 aliphatic rings. The van der Waals surface area contributed by atoms with Crippen molar-refractivity contribution in [3.63, 3.8) is 0 Å². The van der Waals surface area contributed by atoms with Crippen molar-refractivity contribution in [2.75, 3.05) is 19.8 Å². The first-order chi connectivity index (χ1) is 30.6. The van der Waals surface area contributed by atoms with Gasteiger partial charge in [-0.25, -0.2) is 0 Å². The lowest BCUT2D eigenvalue weighted by atomic mass is 9.97. The van der Waals surface area contributed by atoms with Crippen molar-refractivity contribution in [2.24, 2.45) is 0 Å². The van der Waals surface area contributed by atoms with Crippen molar-refractivity contribution in [1.29, 1.82) is 0 Å². The van der Waals surface area contributed by atoms with Crippen LogP contribution in [0.1, 0.15) is 174 Å². The number of rotatable bonds is 37. The minimum absolute atomic E-state index is 0.256. The molecule has 368 valence electrons. The zero-order valence-corrected chi connectivity index (χ0v) is 38.8. The summed E-state index contributed by atoms with van der Waals surface area (Å²) in [5.41, 5.74) is 0. The number of amides is 1. The van der Waals surface area contributed by atoms with Crippen LogP contribution in [0.4, 0.5) is 0 Å². The highest BCUT2D eigenvalue weighted by Gasteiger charge is 2.51. The number of carbonyl (C=O) groups is 1. The molecule has 12 unspecified atom stereocenters. The molecular weight excluding hydrogens is 811 g/mol. The van der Waals surface area contributed by atoms with Crippen molar-refractivity contribution in [2.45, 2.75) is 248 Å². The second-order valence-corrected chi connectivity index (χ2v) is 17.6. The normalized spacial score (nSPS) is 27.8. The lowest BCUT2D eigenvalue weighted by Gasteiger charge is -2.46. The second-order valence-electron chi connectivity index (χ2n) is 17.6. The molecule has 2 rings (SSSR count). The molecule has 0 bridgehead atoms. The van der Waals surface area contributed by atoms with Crippen LogP contribution in [0.3, 0.4) is 0 Å². The van der Waals surface area contributed by atoms with Gasteiger partial charge in [-0.1, -0.05) is 153 Å². The zero-order chi connectivity index (χ0) is 46.1. The van der Waals surface area contributed by atoms with Gasteiger partial charge in [0.2, 0.25) is 5.91 Å². The van der Waals surface area contributed by atoms with E-state index in [1.54, 1.807) is 6.08 Å². The number of hydrogen-bond acceptors (Lipinski definition) is 13. The van der Waals surface area contributed by atoms with Crippen molar-refractivity contribution >= 4 is 5.91 Å². The van der Waals surface area contributed by atoms with Gasteiger partial charge in [0, 0.05) is 6.42 Å². The SMILES string of the molecule is CCCC/C=C/CC/C=C/C(O)C(COC1OC(CO)C(OC2OC(CO)C(O)C(O)C2O)C(O)C1O)NC(=O)CCCCCCCCCCC/C=C\CCCCCCCCCC. The summed E-state index contributed by atoms with van der Waals surface area (Å²) in [5.74, 6) is -0.256. The van der Waals surface area contributed by atoms with E-state index < -0.39 is 86.8 Å². The Balaban J connectivity index is 1.77. The lowest BCUT2D eigenvalue weighted by molar-refractivity contribution is -0.359. The quantitative estimate of drug-likeness (QED) is 0.0261. The Morgan fingerprint density at radius 1 is 0.556 bits per heavy atom. The number of unbranched alkanes of at least 4 members (excludes halogenated alkanes) is 20. The fourth-order valence-electron chi connectivity index (χ4n) is 7.93. The molecule has 1 amide bonds.